The lowest BCUT2D eigenvalue weighted by atomic mass is 9.81. The lowest BCUT2D eigenvalue weighted by molar-refractivity contribution is 0.0896. The number of hydrogen-bond acceptors (Lipinski definition) is 3. The van der Waals surface area contributed by atoms with Crippen molar-refractivity contribution in [3.8, 4) is 0 Å². The first-order chi connectivity index (χ1) is 10.5. The van der Waals surface area contributed by atoms with Gasteiger partial charge in [-0.1, -0.05) is 18.5 Å². The average molecular weight is 357 g/mol. The number of fused-ring (bicyclic) bond motifs is 1. The first-order valence-electron chi connectivity index (χ1n) is 7.66. The highest BCUT2D eigenvalue weighted by Crippen LogP contribution is 2.29. The van der Waals surface area contributed by atoms with E-state index in [1.807, 2.05) is 13.0 Å². The summed E-state index contributed by atoms with van der Waals surface area (Å²) in [6, 6.07) is 5.40. The molecule has 1 aromatic carbocycles. The Morgan fingerprint density at radius 3 is 2.78 bits per heavy atom. The highest BCUT2D eigenvalue weighted by molar-refractivity contribution is 6.31. The largest absolute Gasteiger partial charge is 0.451 e. The molecule has 0 saturated carbocycles. The fourth-order valence-corrected chi connectivity index (χ4v) is 3.16. The zero-order valence-corrected chi connectivity index (χ0v) is 14.9. The van der Waals surface area contributed by atoms with Crippen molar-refractivity contribution in [1.29, 1.82) is 0 Å². The molecule has 2 N–H and O–H groups in total. The van der Waals surface area contributed by atoms with E-state index in [0.29, 0.717) is 22.9 Å². The minimum atomic E-state index is -0.149. The summed E-state index contributed by atoms with van der Waals surface area (Å²) in [6.45, 7) is 6.80. The van der Waals surface area contributed by atoms with Crippen molar-refractivity contribution >= 4 is 40.9 Å². The van der Waals surface area contributed by atoms with Gasteiger partial charge in [-0.15, -0.1) is 12.4 Å². The number of aryl methyl sites for hydroxylation is 1. The number of benzene rings is 1. The van der Waals surface area contributed by atoms with E-state index in [1.165, 1.54) is 0 Å². The third kappa shape index (κ3) is 3.82. The number of rotatable bonds is 3. The number of hydrogen-bond donors (Lipinski definition) is 2. The van der Waals surface area contributed by atoms with Crippen LogP contribution in [-0.2, 0) is 0 Å². The number of halogens is 2. The van der Waals surface area contributed by atoms with Crippen LogP contribution in [0.1, 0.15) is 35.9 Å². The van der Waals surface area contributed by atoms with E-state index in [-0.39, 0.29) is 23.7 Å². The smallest absolute Gasteiger partial charge is 0.287 e. The monoisotopic (exact) mass is 356 g/mol. The summed E-state index contributed by atoms with van der Waals surface area (Å²) in [7, 11) is 0. The van der Waals surface area contributed by atoms with Crippen molar-refractivity contribution in [3.63, 3.8) is 0 Å². The van der Waals surface area contributed by atoms with Gasteiger partial charge in [-0.25, -0.2) is 0 Å². The number of piperidine rings is 1. The standard InChI is InChI=1S/C17H21ClN2O2.ClH/c1-11-13-9-12(18)3-4-14(13)22-15(11)16(21)20-10-17(2)5-7-19-8-6-17;/h3-4,9,19H,5-8,10H2,1-2H3,(H,20,21);1H. The average Bonchev–Trinajstić information content (AvgIpc) is 2.83. The van der Waals surface area contributed by atoms with Crippen LogP contribution in [0.25, 0.3) is 11.0 Å². The van der Waals surface area contributed by atoms with Gasteiger partial charge in [0.1, 0.15) is 5.58 Å². The number of furan rings is 1. The van der Waals surface area contributed by atoms with Crippen LogP contribution in [0.4, 0.5) is 0 Å². The van der Waals surface area contributed by atoms with Crippen LogP contribution in [0.15, 0.2) is 22.6 Å². The van der Waals surface area contributed by atoms with Gasteiger partial charge in [0.25, 0.3) is 5.91 Å². The van der Waals surface area contributed by atoms with Crippen LogP contribution in [0, 0.1) is 12.3 Å². The number of carbonyl (C=O) groups excluding carboxylic acids is 1. The molecule has 2 heterocycles. The molecule has 0 spiro atoms. The normalized spacial score (nSPS) is 16.8. The highest BCUT2D eigenvalue weighted by atomic mass is 35.5. The molecule has 0 bridgehead atoms. The molecule has 0 radical (unpaired) electrons. The van der Waals surface area contributed by atoms with E-state index in [9.17, 15) is 4.79 Å². The van der Waals surface area contributed by atoms with Crippen molar-refractivity contribution < 1.29 is 9.21 Å². The topological polar surface area (TPSA) is 54.3 Å². The van der Waals surface area contributed by atoms with E-state index >= 15 is 0 Å². The molecule has 0 atom stereocenters. The Bertz CT molecular complexity index is 706. The minimum absolute atomic E-state index is 0. The Labute approximate surface area is 147 Å². The fourth-order valence-electron chi connectivity index (χ4n) is 2.99. The number of carbonyl (C=O) groups is 1. The fraction of sp³-hybridized carbons (Fsp3) is 0.471. The summed E-state index contributed by atoms with van der Waals surface area (Å²) in [5, 5.41) is 7.92. The summed E-state index contributed by atoms with van der Waals surface area (Å²) < 4.78 is 5.71. The van der Waals surface area contributed by atoms with Gasteiger partial charge < -0.3 is 15.1 Å². The minimum Gasteiger partial charge on any atom is -0.451 e. The van der Waals surface area contributed by atoms with Crippen molar-refractivity contribution in [1.82, 2.24) is 10.6 Å². The van der Waals surface area contributed by atoms with Crippen LogP contribution in [0.2, 0.25) is 5.02 Å². The van der Waals surface area contributed by atoms with E-state index in [2.05, 4.69) is 17.6 Å². The van der Waals surface area contributed by atoms with Gasteiger partial charge in [-0.2, -0.15) is 0 Å². The van der Waals surface area contributed by atoms with Crippen LogP contribution in [0.5, 0.6) is 0 Å². The van der Waals surface area contributed by atoms with Gasteiger partial charge in [0, 0.05) is 22.5 Å². The number of amides is 1. The van der Waals surface area contributed by atoms with Gasteiger partial charge in [0.15, 0.2) is 5.76 Å². The molecule has 1 aliphatic rings. The molecule has 4 nitrogen and oxygen atoms in total. The molecular weight excluding hydrogens is 335 g/mol. The molecule has 1 amide bonds. The molecule has 0 unspecified atom stereocenters. The zero-order valence-electron chi connectivity index (χ0n) is 13.4. The maximum absolute atomic E-state index is 12.5. The van der Waals surface area contributed by atoms with Gasteiger partial charge in [0.05, 0.1) is 0 Å². The van der Waals surface area contributed by atoms with Crippen LogP contribution < -0.4 is 10.6 Å². The van der Waals surface area contributed by atoms with Crippen molar-refractivity contribution in [2.24, 2.45) is 5.41 Å². The molecule has 1 aliphatic heterocycles. The SMILES string of the molecule is Cc1c(C(=O)NCC2(C)CCNCC2)oc2ccc(Cl)cc12.Cl. The molecule has 0 aliphatic carbocycles. The lowest BCUT2D eigenvalue weighted by Gasteiger charge is -2.34. The Balaban J connectivity index is 0.00000192. The van der Waals surface area contributed by atoms with E-state index < -0.39 is 0 Å². The van der Waals surface area contributed by atoms with Gasteiger partial charge >= 0.3 is 0 Å². The molecule has 3 rings (SSSR count). The molecule has 126 valence electrons. The first-order valence-corrected chi connectivity index (χ1v) is 8.04. The van der Waals surface area contributed by atoms with Crippen molar-refractivity contribution in [3.05, 3.63) is 34.5 Å². The van der Waals surface area contributed by atoms with Crippen molar-refractivity contribution in [2.75, 3.05) is 19.6 Å². The van der Waals surface area contributed by atoms with Gasteiger partial charge in [0.2, 0.25) is 0 Å². The molecule has 23 heavy (non-hydrogen) atoms. The maximum atomic E-state index is 12.5. The van der Waals surface area contributed by atoms with Crippen molar-refractivity contribution in [2.45, 2.75) is 26.7 Å². The van der Waals surface area contributed by atoms with Crippen LogP contribution in [0.3, 0.4) is 0 Å². The quantitative estimate of drug-likeness (QED) is 0.875. The molecule has 6 heteroatoms. The molecule has 1 fully saturated rings. The Hall–Kier alpha value is -1.23. The predicted molar refractivity (Wildman–Crippen MR) is 95.8 cm³/mol. The summed E-state index contributed by atoms with van der Waals surface area (Å²) in [5.41, 5.74) is 1.69. The number of nitrogens with one attached hydrogen (secondary N) is 2. The van der Waals surface area contributed by atoms with E-state index in [0.717, 1.165) is 36.9 Å². The van der Waals surface area contributed by atoms with Crippen LogP contribution in [-0.4, -0.2) is 25.5 Å². The summed E-state index contributed by atoms with van der Waals surface area (Å²) >= 11 is 6.01. The Morgan fingerprint density at radius 2 is 2.09 bits per heavy atom. The maximum Gasteiger partial charge on any atom is 0.287 e. The second kappa shape index (κ2) is 7.12. The predicted octanol–water partition coefficient (Wildman–Crippen LogP) is 3.94. The van der Waals surface area contributed by atoms with Crippen LogP contribution >= 0.6 is 24.0 Å². The third-order valence-corrected chi connectivity index (χ3v) is 4.83. The third-order valence-electron chi connectivity index (χ3n) is 4.59. The second-order valence-corrected chi connectivity index (χ2v) is 6.88. The first kappa shape index (κ1) is 18.1. The zero-order chi connectivity index (χ0) is 15.7. The molecular formula is C17H22Cl2N2O2. The summed E-state index contributed by atoms with van der Waals surface area (Å²) in [6.07, 6.45) is 2.14. The molecule has 1 aromatic heterocycles. The highest BCUT2D eigenvalue weighted by Gasteiger charge is 2.28. The van der Waals surface area contributed by atoms with E-state index in [1.54, 1.807) is 12.1 Å². The summed E-state index contributed by atoms with van der Waals surface area (Å²) in [4.78, 5) is 12.5. The molecule has 1 saturated heterocycles. The Kier molecular flexibility index (Phi) is 5.61. The van der Waals surface area contributed by atoms with E-state index in [4.69, 9.17) is 16.0 Å². The van der Waals surface area contributed by atoms with Gasteiger partial charge in [-0.3, -0.25) is 4.79 Å². The second-order valence-electron chi connectivity index (χ2n) is 6.44. The lowest BCUT2D eigenvalue weighted by Crippen LogP contribution is -2.42. The van der Waals surface area contributed by atoms with Gasteiger partial charge in [-0.05, 0) is 56.5 Å². The molecule has 2 aromatic rings. The summed E-state index contributed by atoms with van der Waals surface area (Å²) in [5.74, 6) is 0.236. The Morgan fingerprint density at radius 1 is 1.39 bits per heavy atom.